The van der Waals surface area contributed by atoms with Gasteiger partial charge in [-0.25, -0.2) is 0 Å². The molecule has 0 aliphatic carbocycles. The molecular weight excluding hydrogens is 136 g/mol. The Morgan fingerprint density at radius 2 is 1.18 bits per heavy atom. The van der Waals surface area contributed by atoms with E-state index in [4.69, 9.17) is 10.5 Å². The Morgan fingerprint density at radius 1 is 1.00 bits per heavy atom. The summed E-state index contributed by atoms with van der Waals surface area (Å²) in [6, 6.07) is 2.47. The summed E-state index contributed by atoms with van der Waals surface area (Å²) in [4.78, 5) is 0. The van der Waals surface area contributed by atoms with Crippen molar-refractivity contribution < 1.29 is 0 Å². The van der Waals surface area contributed by atoms with Crippen molar-refractivity contribution in [2.24, 2.45) is 0 Å². The molecule has 2 nitrogen and oxygen atoms in total. The lowest BCUT2D eigenvalue weighted by molar-refractivity contribution is 1.49. The Morgan fingerprint density at radius 3 is 1.18 bits per heavy atom. The van der Waals surface area contributed by atoms with Gasteiger partial charge in [-0.1, -0.05) is 31.4 Å². The Balaban J connectivity index is -0.0000000886. The van der Waals surface area contributed by atoms with Crippen molar-refractivity contribution in [2.75, 3.05) is 0 Å². The third kappa shape index (κ3) is 7880. The van der Waals surface area contributed by atoms with E-state index in [2.05, 4.69) is 19.7 Å². The minimum Gasteiger partial charge on any atom is -0.181 e. The van der Waals surface area contributed by atoms with Crippen LogP contribution < -0.4 is 0 Å². The van der Waals surface area contributed by atoms with E-state index in [1.54, 1.807) is 18.2 Å². The van der Waals surface area contributed by atoms with Crippen molar-refractivity contribution >= 4 is 0 Å². The highest BCUT2D eigenvalue weighted by atomic mass is 14.3. The molecule has 0 saturated heterocycles. The summed E-state index contributed by atoms with van der Waals surface area (Å²) >= 11 is 0. The molecule has 0 unspecified atom stereocenters. The SMILES string of the molecule is C=CC.C=CC=C.N#CC#N. The Bertz CT molecular complexity index is 149. The van der Waals surface area contributed by atoms with Gasteiger partial charge in [-0.2, -0.15) is 10.5 Å². The maximum absolute atomic E-state index is 7.26. The Hall–Kier alpha value is -1.80. The van der Waals surface area contributed by atoms with Crippen molar-refractivity contribution in [1.82, 2.24) is 0 Å². The van der Waals surface area contributed by atoms with E-state index < -0.39 is 0 Å². The Labute approximate surface area is 68.4 Å². The Kier molecular flexibility index (Phi) is 60.7. The molecule has 0 aliphatic heterocycles. The topological polar surface area (TPSA) is 47.6 Å². The molecule has 0 aliphatic rings. The second kappa shape index (κ2) is 41.5. The highest BCUT2D eigenvalue weighted by Gasteiger charge is 1.39. The number of allylic oxidation sites excluding steroid dienone is 3. The zero-order chi connectivity index (χ0) is 9.54. The quantitative estimate of drug-likeness (QED) is 0.424. The molecule has 0 atom stereocenters. The molecule has 0 bridgehead atoms. The summed E-state index contributed by atoms with van der Waals surface area (Å²) in [5, 5.41) is 14.5. The van der Waals surface area contributed by atoms with Gasteiger partial charge in [0, 0.05) is 0 Å². The van der Waals surface area contributed by atoms with Crippen LogP contribution in [-0.2, 0) is 0 Å². The number of nitriles is 2. The summed E-state index contributed by atoms with van der Waals surface area (Å²) in [6.07, 6.45) is 5.03. The van der Waals surface area contributed by atoms with Crippen LogP contribution in [0.5, 0.6) is 0 Å². The molecule has 0 saturated carbocycles. The van der Waals surface area contributed by atoms with Gasteiger partial charge in [0.2, 0.25) is 0 Å². The fourth-order valence-corrected chi connectivity index (χ4v) is 0. The first kappa shape index (κ1) is 16.1. The first-order valence-electron chi connectivity index (χ1n) is 2.83. The average Bonchev–Trinajstić information content (AvgIpc) is 2.06. The van der Waals surface area contributed by atoms with Crippen LogP contribution in [0.1, 0.15) is 6.92 Å². The summed E-state index contributed by atoms with van der Waals surface area (Å²) in [6.45, 7) is 12.0. The third-order valence-electron chi connectivity index (χ3n) is 0.217. The van der Waals surface area contributed by atoms with Crippen molar-refractivity contribution in [3.8, 4) is 12.1 Å². The molecule has 0 N–H and O–H groups in total. The molecule has 0 spiro atoms. The highest BCUT2D eigenvalue weighted by Crippen LogP contribution is 1.52. The van der Waals surface area contributed by atoms with E-state index in [1.165, 1.54) is 12.1 Å². The minimum absolute atomic E-state index is 1.24. The molecule has 0 aromatic carbocycles. The second-order valence-electron chi connectivity index (χ2n) is 1.10. The van der Waals surface area contributed by atoms with Crippen LogP contribution in [0.4, 0.5) is 0 Å². The smallest absolute Gasteiger partial charge is 0.181 e. The van der Waals surface area contributed by atoms with Gasteiger partial charge in [0.05, 0.1) is 0 Å². The number of hydrogen-bond donors (Lipinski definition) is 0. The van der Waals surface area contributed by atoms with E-state index in [9.17, 15) is 0 Å². The molecule has 11 heavy (non-hydrogen) atoms. The third-order valence-corrected chi connectivity index (χ3v) is 0.217. The zero-order valence-electron chi connectivity index (χ0n) is 6.75. The lowest BCUT2D eigenvalue weighted by Crippen LogP contribution is -1.26. The highest BCUT2D eigenvalue weighted by molar-refractivity contribution is 4.99. The van der Waals surface area contributed by atoms with Gasteiger partial charge in [0.15, 0.2) is 12.1 Å². The standard InChI is InChI=1S/C4H6.C3H6.C2N2/c1-3-4-2;1-3-2;3-1-2-4/h3-4H,1-2H2;3H,1H2,2H3;. The fraction of sp³-hybridized carbons (Fsp3) is 0.111. The largest absolute Gasteiger partial charge is 0.181 e. The van der Waals surface area contributed by atoms with Gasteiger partial charge in [0.25, 0.3) is 0 Å². The van der Waals surface area contributed by atoms with Crippen LogP contribution in [0.2, 0.25) is 0 Å². The van der Waals surface area contributed by atoms with Gasteiger partial charge in [0.1, 0.15) is 0 Å². The molecule has 0 heterocycles. The van der Waals surface area contributed by atoms with Crippen LogP contribution >= 0.6 is 0 Å². The van der Waals surface area contributed by atoms with Crippen LogP contribution in [0, 0.1) is 22.7 Å². The first-order valence-corrected chi connectivity index (χ1v) is 2.83. The van der Waals surface area contributed by atoms with Gasteiger partial charge in [-0.3, -0.25) is 0 Å². The van der Waals surface area contributed by atoms with Crippen molar-refractivity contribution in [1.29, 1.82) is 10.5 Å². The van der Waals surface area contributed by atoms with E-state index in [0.29, 0.717) is 0 Å². The summed E-state index contributed by atoms with van der Waals surface area (Å²) < 4.78 is 0. The molecule has 0 aromatic rings. The molecule has 0 rings (SSSR count). The van der Waals surface area contributed by atoms with E-state index in [-0.39, 0.29) is 0 Å². The molecule has 0 fully saturated rings. The zero-order valence-corrected chi connectivity index (χ0v) is 6.75. The average molecular weight is 148 g/mol. The maximum atomic E-state index is 7.26. The van der Waals surface area contributed by atoms with Crippen LogP contribution in [-0.4, -0.2) is 0 Å². The van der Waals surface area contributed by atoms with Crippen LogP contribution in [0.15, 0.2) is 38.0 Å². The lowest BCUT2D eigenvalue weighted by Gasteiger charge is -1.44. The number of nitrogens with zero attached hydrogens (tertiary/aromatic N) is 2. The van der Waals surface area contributed by atoms with Gasteiger partial charge < -0.3 is 0 Å². The number of rotatable bonds is 1. The minimum atomic E-state index is 1.24. The van der Waals surface area contributed by atoms with Gasteiger partial charge >= 0.3 is 0 Å². The van der Waals surface area contributed by atoms with E-state index >= 15 is 0 Å². The van der Waals surface area contributed by atoms with Crippen molar-refractivity contribution in [3.05, 3.63) is 38.0 Å². The predicted octanol–water partition coefficient (Wildman–Crippen LogP) is 2.58. The lowest BCUT2D eigenvalue weighted by atomic mass is 10.6. The second-order valence-corrected chi connectivity index (χ2v) is 1.10. The summed E-state index contributed by atoms with van der Waals surface area (Å²) in [5.74, 6) is 0. The normalized spacial score (nSPS) is 3.91. The summed E-state index contributed by atoms with van der Waals surface area (Å²) in [5.41, 5.74) is 0. The molecular formula is C9H12N2. The van der Waals surface area contributed by atoms with Crippen molar-refractivity contribution in [3.63, 3.8) is 0 Å². The predicted molar refractivity (Wildman–Crippen MR) is 47.5 cm³/mol. The maximum Gasteiger partial charge on any atom is 0.181 e. The van der Waals surface area contributed by atoms with Gasteiger partial charge in [-0.15, -0.1) is 6.58 Å². The molecule has 0 amide bonds. The van der Waals surface area contributed by atoms with E-state index in [0.717, 1.165) is 0 Å². The monoisotopic (exact) mass is 148 g/mol. The molecule has 58 valence electrons. The van der Waals surface area contributed by atoms with Gasteiger partial charge in [-0.05, 0) is 6.92 Å². The van der Waals surface area contributed by atoms with Crippen molar-refractivity contribution in [2.45, 2.75) is 6.92 Å². The molecule has 0 aromatic heterocycles. The first-order chi connectivity index (χ1) is 5.24. The fourth-order valence-electron chi connectivity index (χ4n) is 0. The molecule has 0 radical (unpaired) electrons. The van der Waals surface area contributed by atoms with Crippen LogP contribution in [0.3, 0.4) is 0 Å². The van der Waals surface area contributed by atoms with E-state index in [1.807, 2.05) is 6.92 Å². The number of hydrogen-bond acceptors (Lipinski definition) is 2. The summed E-state index contributed by atoms with van der Waals surface area (Å²) in [7, 11) is 0. The molecule has 2 heteroatoms. The van der Waals surface area contributed by atoms with Crippen LogP contribution in [0.25, 0.3) is 0 Å².